The smallest absolute Gasteiger partial charge is 0.267 e. The van der Waals surface area contributed by atoms with Crippen LogP contribution in [0.3, 0.4) is 0 Å². The predicted octanol–water partition coefficient (Wildman–Crippen LogP) is 3.47. The van der Waals surface area contributed by atoms with E-state index in [4.69, 9.17) is 0 Å². The zero-order chi connectivity index (χ0) is 16.8. The van der Waals surface area contributed by atoms with E-state index in [2.05, 4.69) is 10.6 Å². The summed E-state index contributed by atoms with van der Waals surface area (Å²) in [5.74, 6) is -0.319. The number of nitriles is 1. The lowest BCUT2D eigenvalue weighted by Crippen LogP contribution is -2.15. The second-order valence-corrected chi connectivity index (χ2v) is 5.08. The van der Waals surface area contributed by atoms with Gasteiger partial charge in [-0.15, -0.1) is 0 Å². The average molecular weight is 307 g/mol. The van der Waals surface area contributed by atoms with Gasteiger partial charge in [0, 0.05) is 17.6 Å². The topological polar surface area (TPSA) is 85.2 Å². The average Bonchev–Trinajstić information content (AvgIpc) is 2.52. The Morgan fingerprint density at radius 1 is 1.13 bits per heavy atom. The number of aromatic hydroxyl groups is 1. The summed E-state index contributed by atoms with van der Waals surface area (Å²) in [6, 6.07) is 14.0. The van der Waals surface area contributed by atoms with Crippen LogP contribution < -0.4 is 10.6 Å². The van der Waals surface area contributed by atoms with E-state index in [1.165, 1.54) is 12.3 Å². The molecule has 0 aliphatic carbocycles. The monoisotopic (exact) mass is 307 g/mol. The van der Waals surface area contributed by atoms with E-state index in [1.807, 2.05) is 38.1 Å². The summed E-state index contributed by atoms with van der Waals surface area (Å²) in [5, 5.41) is 24.2. The minimum Gasteiger partial charge on any atom is -0.508 e. The number of nitrogens with one attached hydrogen (secondary N) is 2. The zero-order valence-corrected chi connectivity index (χ0v) is 12.9. The lowest BCUT2D eigenvalue weighted by Gasteiger charge is -2.09. The van der Waals surface area contributed by atoms with Crippen LogP contribution in [0.15, 0.2) is 54.2 Å². The van der Waals surface area contributed by atoms with Crippen molar-refractivity contribution in [3.05, 3.63) is 65.4 Å². The molecule has 2 rings (SSSR count). The largest absolute Gasteiger partial charge is 0.508 e. The first-order chi connectivity index (χ1) is 11.0. The second-order valence-electron chi connectivity index (χ2n) is 5.08. The van der Waals surface area contributed by atoms with Gasteiger partial charge >= 0.3 is 0 Å². The summed E-state index contributed by atoms with van der Waals surface area (Å²) in [6.45, 7) is 3.69. The van der Waals surface area contributed by atoms with Crippen LogP contribution in [-0.4, -0.2) is 11.0 Å². The van der Waals surface area contributed by atoms with Crippen LogP contribution in [0.25, 0.3) is 0 Å². The Labute approximate surface area is 134 Å². The molecule has 0 spiro atoms. The van der Waals surface area contributed by atoms with Gasteiger partial charge in [0.2, 0.25) is 0 Å². The Hall–Kier alpha value is -3.26. The van der Waals surface area contributed by atoms with Gasteiger partial charge in [-0.2, -0.15) is 5.26 Å². The fourth-order valence-electron chi connectivity index (χ4n) is 2.01. The van der Waals surface area contributed by atoms with E-state index >= 15 is 0 Å². The standard InChI is InChI=1S/C18H17N3O2/c1-12-5-3-4-6-17(12)21-18(23)14(10-19)11-20-16-8-7-15(22)9-13(16)2/h3-9,11,20,22H,1-2H3,(H,21,23)/b14-11-. The van der Waals surface area contributed by atoms with Crippen LogP contribution in [0.2, 0.25) is 0 Å². The third-order valence-corrected chi connectivity index (χ3v) is 3.34. The number of rotatable bonds is 4. The predicted molar refractivity (Wildman–Crippen MR) is 90.0 cm³/mol. The summed E-state index contributed by atoms with van der Waals surface area (Å²) >= 11 is 0. The molecule has 5 heteroatoms. The normalized spacial score (nSPS) is 10.7. The van der Waals surface area contributed by atoms with Gasteiger partial charge in [-0.05, 0) is 49.2 Å². The lowest BCUT2D eigenvalue weighted by molar-refractivity contribution is -0.112. The number of benzene rings is 2. The molecule has 0 radical (unpaired) electrons. The molecule has 5 nitrogen and oxygen atoms in total. The van der Waals surface area contributed by atoms with Gasteiger partial charge in [0.15, 0.2) is 0 Å². The lowest BCUT2D eigenvalue weighted by atomic mass is 10.2. The summed E-state index contributed by atoms with van der Waals surface area (Å²) in [6.07, 6.45) is 1.35. The number of carbonyl (C=O) groups excluding carboxylic acids is 1. The second kappa shape index (κ2) is 7.14. The number of hydrogen-bond donors (Lipinski definition) is 3. The van der Waals surface area contributed by atoms with Gasteiger partial charge < -0.3 is 15.7 Å². The number of carbonyl (C=O) groups is 1. The number of phenolic OH excluding ortho intramolecular Hbond substituents is 1. The highest BCUT2D eigenvalue weighted by molar-refractivity contribution is 6.07. The first kappa shape index (κ1) is 16.1. The number of hydrogen-bond acceptors (Lipinski definition) is 4. The van der Waals surface area contributed by atoms with Crippen molar-refractivity contribution in [3.63, 3.8) is 0 Å². The molecule has 0 fully saturated rings. The number of phenols is 1. The highest BCUT2D eigenvalue weighted by atomic mass is 16.3. The Balaban J connectivity index is 2.14. The molecular weight excluding hydrogens is 290 g/mol. The van der Waals surface area contributed by atoms with Crippen molar-refractivity contribution in [3.8, 4) is 11.8 Å². The zero-order valence-electron chi connectivity index (χ0n) is 12.9. The fraction of sp³-hybridized carbons (Fsp3) is 0.111. The minimum atomic E-state index is -0.481. The van der Waals surface area contributed by atoms with E-state index in [0.29, 0.717) is 11.4 Å². The molecule has 0 aliphatic rings. The van der Waals surface area contributed by atoms with Crippen LogP contribution in [0.5, 0.6) is 5.75 Å². The molecule has 0 unspecified atom stereocenters. The van der Waals surface area contributed by atoms with Crippen molar-refractivity contribution in [2.75, 3.05) is 10.6 Å². The molecule has 2 aromatic rings. The van der Waals surface area contributed by atoms with Gasteiger partial charge in [0.1, 0.15) is 17.4 Å². The molecule has 3 N–H and O–H groups in total. The molecule has 23 heavy (non-hydrogen) atoms. The summed E-state index contributed by atoms with van der Waals surface area (Å²) in [4.78, 5) is 12.2. The van der Waals surface area contributed by atoms with Crippen molar-refractivity contribution >= 4 is 17.3 Å². The molecule has 0 saturated carbocycles. The number of nitrogens with zero attached hydrogens (tertiary/aromatic N) is 1. The van der Waals surface area contributed by atoms with Crippen molar-refractivity contribution in [2.24, 2.45) is 0 Å². The first-order valence-electron chi connectivity index (χ1n) is 7.04. The summed E-state index contributed by atoms with van der Waals surface area (Å²) < 4.78 is 0. The Kier molecular flexibility index (Phi) is 5.00. The van der Waals surface area contributed by atoms with Gasteiger partial charge in [0.05, 0.1) is 0 Å². The van der Waals surface area contributed by atoms with Crippen molar-refractivity contribution < 1.29 is 9.90 Å². The third kappa shape index (κ3) is 4.11. The molecule has 0 aliphatic heterocycles. The van der Waals surface area contributed by atoms with Crippen LogP contribution in [0.1, 0.15) is 11.1 Å². The number of amides is 1. The maximum atomic E-state index is 12.2. The third-order valence-electron chi connectivity index (χ3n) is 3.34. The highest BCUT2D eigenvalue weighted by Gasteiger charge is 2.10. The van der Waals surface area contributed by atoms with Crippen LogP contribution >= 0.6 is 0 Å². The first-order valence-corrected chi connectivity index (χ1v) is 7.04. The van der Waals surface area contributed by atoms with E-state index in [-0.39, 0.29) is 11.3 Å². The summed E-state index contributed by atoms with van der Waals surface area (Å²) in [5.41, 5.74) is 3.05. The van der Waals surface area contributed by atoms with Crippen LogP contribution in [0, 0.1) is 25.2 Å². The molecule has 0 heterocycles. The molecule has 0 aromatic heterocycles. The molecular formula is C18H17N3O2. The molecule has 116 valence electrons. The van der Waals surface area contributed by atoms with Crippen molar-refractivity contribution in [1.29, 1.82) is 5.26 Å². The van der Waals surface area contributed by atoms with E-state index in [0.717, 1.165) is 11.1 Å². The van der Waals surface area contributed by atoms with Gasteiger partial charge in [-0.25, -0.2) is 0 Å². The van der Waals surface area contributed by atoms with Crippen molar-refractivity contribution in [2.45, 2.75) is 13.8 Å². The van der Waals surface area contributed by atoms with E-state index in [1.54, 1.807) is 18.2 Å². The molecule has 0 atom stereocenters. The minimum absolute atomic E-state index is 0.0410. The molecule has 1 amide bonds. The van der Waals surface area contributed by atoms with Crippen molar-refractivity contribution in [1.82, 2.24) is 0 Å². The van der Waals surface area contributed by atoms with Crippen LogP contribution in [-0.2, 0) is 4.79 Å². The van der Waals surface area contributed by atoms with Gasteiger partial charge in [-0.3, -0.25) is 4.79 Å². The molecule has 0 saturated heterocycles. The van der Waals surface area contributed by atoms with E-state index in [9.17, 15) is 15.2 Å². The quantitative estimate of drug-likeness (QED) is 0.459. The van der Waals surface area contributed by atoms with E-state index < -0.39 is 5.91 Å². The maximum absolute atomic E-state index is 12.2. The van der Waals surface area contributed by atoms with Gasteiger partial charge in [-0.1, -0.05) is 18.2 Å². The van der Waals surface area contributed by atoms with Crippen LogP contribution in [0.4, 0.5) is 11.4 Å². The molecule has 2 aromatic carbocycles. The highest BCUT2D eigenvalue weighted by Crippen LogP contribution is 2.20. The SMILES string of the molecule is Cc1cc(O)ccc1N/C=C(/C#N)C(=O)Nc1ccccc1C. The fourth-order valence-corrected chi connectivity index (χ4v) is 2.01. The number of anilines is 2. The maximum Gasteiger partial charge on any atom is 0.267 e. The van der Waals surface area contributed by atoms with Gasteiger partial charge in [0.25, 0.3) is 5.91 Å². The summed E-state index contributed by atoms with van der Waals surface area (Å²) in [7, 11) is 0. The Morgan fingerprint density at radius 2 is 1.87 bits per heavy atom. The Bertz CT molecular complexity index is 804. The number of para-hydroxylation sites is 1. The Morgan fingerprint density at radius 3 is 2.52 bits per heavy atom. The number of aryl methyl sites for hydroxylation is 2. The molecule has 0 bridgehead atoms.